The molecule has 1 aliphatic heterocycles. The number of fused-ring (bicyclic) bond motifs is 3. The number of rotatable bonds is 3. The van der Waals surface area contributed by atoms with E-state index in [1.54, 1.807) is 18.4 Å². The summed E-state index contributed by atoms with van der Waals surface area (Å²) in [6.07, 6.45) is 0.234. The summed E-state index contributed by atoms with van der Waals surface area (Å²) in [5.74, 6) is 1.45. The number of nitrogens with zero attached hydrogens (tertiary/aromatic N) is 4. The first-order chi connectivity index (χ1) is 13.0. The molecule has 1 aliphatic rings. The van der Waals surface area contributed by atoms with E-state index < -0.39 is 0 Å². The molecule has 1 N–H and O–H groups in total. The van der Waals surface area contributed by atoms with Gasteiger partial charge in [0.15, 0.2) is 5.82 Å². The minimum Gasteiger partial charge on any atom is -0.359 e. The first kappa shape index (κ1) is 17.6. The second-order valence-corrected chi connectivity index (χ2v) is 7.84. The molecular weight excluding hydrogens is 358 g/mol. The third kappa shape index (κ3) is 2.88. The first-order valence-electron chi connectivity index (χ1n) is 8.87. The monoisotopic (exact) mass is 379 g/mol. The second-order valence-electron chi connectivity index (χ2n) is 6.64. The fourth-order valence-electron chi connectivity index (χ4n) is 3.40. The van der Waals surface area contributed by atoms with Gasteiger partial charge < -0.3 is 5.32 Å². The number of nitrogens with one attached hydrogen (secondary N) is 1. The molecule has 6 nitrogen and oxygen atoms in total. The van der Waals surface area contributed by atoms with Crippen LogP contribution in [0.1, 0.15) is 45.7 Å². The van der Waals surface area contributed by atoms with Crippen LogP contribution >= 0.6 is 11.3 Å². The molecule has 3 aromatic rings. The number of aromatic nitrogens is 3. The fraction of sp³-hybridized carbons (Fsp3) is 0.300. The first-order valence-corrected chi connectivity index (χ1v) is 9.69. The Morgan fingerprint density at radius 3 is 2.63 bits per heavy atom. The normalized spacial score (nSPS) is 15.6. The highest BCUT2D eigenvalue weighted by atomic mass is 32.1. The number of thiophene rings is 1. The largest absolute Gasteiger partial charge is 0.359 e. The number of carbonyl (C=O) groups excluding carboxylic acids is 1. The van der Waals surface area contributed by atoms with Crippen molar-refractivity contribution in [2.75, 3.05) is 7.05 Å². The lowest BCUT2D eigenvalue weighted by Crippen LogP contribution is -2.21. The number of carbonyl (C=O) groups is 1. The Hall–Kier alpha value is -2.80. The van der Waals surface area contributed by atoms with Crippen LogP contribution in [0.2, 0.25) is 0 Å². The van der Waals surface area contributed by atoms with Crippen molar-refractivity contribution in [2.24, 2.45) is 4.99 Å². The van der Waals surface area contributed by atoms with E-state index in [0.29, 0.717) is 5.82 Å². The summed E-state index contributed by atoms with van der Waals surface area (Å²) in [5, 5.41) is 12.4. The Kier molecular flexibility index (Phi) is 4.39. The van der Waals surface area contributed by atoms with Gasteiger partial charge >= 0.3 is 0 Å². The van der Waals surface area contributed by atoms with E-state index in [1.807, 2.05) is 25.1 Å². The Morgan fingerprint density at radius 2 is 1.93 bits per heavy atom. The van der Waals surface area contributed by atoms with Gasteiger partial charge in [0.2, 0.25) is 5.91 Å². The average Bonchev–Trinajstić information content (AvgIpc) is 3.15. The number of aliphatic imine (C=N–C) groups is 1. The SMILES string of the molecule is CNC(=O)C[C@@H]1N=C(c2ccccc2)c2c(sc(C)c2C)-n2c(C)nnc21. The predicted molar refractivity (Wildman–Crippen MR) is 107 cm³/mol. The van der Waals surface area contributed by atoms with Gasteiger partial charge in [-0.3, -0.25) is 14.4 Å². The average molecular weight is 379 g/mol. The van der Waals surface area contributed by atoms with Crippen LogP contribution in [-0.4, -0.2) is 33.4 Å². The Labute approximate surface area is 162 Å². The van der Waals surface area contributed by atoms with Crippen LogP contribution in [0, 0.1) is 20.8 Å². The van der Waals surface area contributed by atoms with Gasteiger partial charge in [0, 0.05) is 23.1 Å². The topological polar surface area (TPSA) is 72.2 Å². The van der Waals surface area contributed by atoms with Crippen molar-refractivity contribution >= 4 is 23.0 Å². The van der Waals surface area contributed by atoms with Crippen LogP contribution in [0.15, 0.2) is 35.3 Å². The molecule has 7 heteroatoms. The summed E-state index contributed by atoms with van der Waals surface area (Å²) >= 11 is 1.72. The zero-order valence-electron chi connectivity index (χ0n) is 15.8. The molecule has 1 atom stereocenters. The van der Waals surface area contributed by atoms with Crippen molar-refractivity contribution in [3.8, 4) is 5.00 Å². The third-order valence-electron chi connectivity index (χ3n) is 4.94. The van der Waals surface area contributed by atoms with Crippen LogP contribution in [0.5, 0.6) is 0 Å². The molecular formula is C20H21N5OS. The summed E-state index contributed by atoms with van der Waals surface area (Å²) in [6, 6.07) is 9.75. The maximum Gasteiger partial charge on any atom is 0.222 e. The van der Waals surface area contributed by atoms with Crippen LogP contribution in [0.4, 0.5) is 0 Å². The van der Waals surface area contributed by atoms with Gasteiger partial charge in [-0.1, -0.05) is 30.3 Å². The molecule has 0 aliphatic carbocycles. The highest BCUT2D eigenvalue weighted by Gasteiger charge is 2.32. The molecule has 0 saturated heterocycles. The van der Waals surface area contributed by atoms with E-state index in [0.717, 1.165) is 27.7 Å². The number of amides is 1. The van der Waals surface area contributed by atoms with Crippen LogP contribution < -0.4 is 5.32 Å². The van der Waals surface area contributed by atoms with Crippen molar-refractivity contribution in [3.05, 3.63) is 63.5 Å². The van der Waals surface area contributed by atoms with E-state index in [4.69, 9.17) is 4.99 Å². The maximum atomic E-state index is 12.1. The molecule has 27 heavy (non-hydrogen) atoms. The summed E-state index contributed by atoms with van der Waals surface area (Å²) in [6.45, 7) is 6.19. The van der Waals surface area contributed by atoms with E-state index in [1.165, 1.54) is 10.4 Å². The van der Waals surface area contributed by atoms with Crippen molar-refractivity contribution in [2.45, 2.75) is 33.2 Å². The summed E-state index contributed by atoms with van der Waals surface area (Å²) in [4.78, 5) is 18.4. The van der Waals surface area contributed by atoms with E-state index in [2.05, 4.69) is 46.1 Å². The van der Waals surface area contributed by atoms with Crippen molar-refractivity contribution in [1.29, 1.82) is 0 Å². The lowest BCUT2D eigenvalue weighted by atomic mass is 10.00. The molecule has 1 aromatic carbocycles. The second kappa shape index (κ2) is 6.74. The maximum absolute atomic E-state index is 12.1. The number of hydrogen-bond donors (Lipinski definition) is 1. The van der Waals surface area contributed by atoms with Crippen molar-refractivity contribution in [1.82, 2.24) is 20.1 Å². The predicted octanol–water partition coefficient (Wildman–Crippen LogP) is 3.28. The third-order valence-corrected chi connectivity index (χ3v) is 6.14. The number of hydrogen-bond acceptors (Lipinski definition) is 5. The van der Waals surface area contributed by atoms with Crippen LogP contribution in [-0.2, 0) is 4.79 Å². The highest BCUT2D eigenvalue weighted by Crippen LogP contribution is 2.39. The van der Waals surface area contributed by atoms with Gasteiger partial charge in [-0.25, -0.2) is 0 Å². The van der Waals surface area contributed by atoms with Crippen LogP contribution in [0.25, 0.3) is 5.00 Å². The lowest BCUT2D eigenvalue weighted by molar-refractivity contribution is -0.121. The number of benzene rings is 1. The Bertz CT molecular complexity index is 1050. The molecule has 0 saturated carbocycles. The molecule has 0 bridgehead atoms. The Balaban J connectivity index is 2.02. The van der Waals surface area contributed by atoms with Gasteiger partial charge in [0.1, 0.15) is 16.9 Å². The van der Waals surface area contributed by atoms with Crippen molar-refractivity contribution < 1.29 is 4.79 Å². The van der Waals surface area contributed by atoms with Crippen LogP contribution in [0.3, 0.4) is 0 Å². The molecule has 138 valence electrons. The van der Waals surface area contributed by atoms with Gasteiger partial charge in [0.05, 0.1) is 12.1 Å². The fourth-order valence-corrected chi connectivity index (χ4v) is 4.61. The van der Waals surface area contributed by atoms with Crippen molar-refractivity contribution in [3.63, 3.8) is 0 Å². The van der Waals surface area contributed by atoms with E-state index in [9.17, 15) is 4.79 Å². The summed E-state index contributed by atoms with van der Waals surface area (Å²) in [7, 11) is 1.64. The van der Waals surface area contributed by atoms with Gasteiger partial charge in [-0.15, -0.1) is 21.5 Å². The zero-order valence-corrected chi connectivity index (χ0v) is 16.6. The van der Waals surface area contributed by atoms with E-state index in [-0.39, 0.29) is 18.4 Å². The van der Waals surface area contributed by atoms with Gasteiger partial charge in [-0.05, 0) is 26.3 Å². The molecule has 0 spiro atoms. The lowest BCUT2D eigenvalue weighted by Gasteiger charge is -2.12. The molecule has 0 unspecified atom stereocenters. The number of aryl methyl sites for hydroxylation is 2. The minimum absolute atomic E-state index is 0.0680. The molecule has 0 fully saturated rings. The smallest absolute Gasteiger partial charge is 0.222 e. The quantitative estimate of drug-likeness (QED) is 0.759. The molecule has 2 aromatic heterocycles. The van der Waals surface area contributed by atoms with E-state index >= 15 is 0 Å². The highest BCUT2D eigenvalue weighted by molar-refractivity contribution is 7.15. The molecule has 3 heterocycles. The summed E-state index contributed by atoms with van der Waals surface area (Å²) in [5.41, 5.74) is 4.26. The Morgan fingerprint density at radius 1 is 1.19 bits per heavy atom. The molecule has 0 radical (unpaired) electrons. The zero-order chi connectivity index (χ0) is 19.1. The summed E-state index contributed by atoms with van der Waals surface area (Å²) < 4.78 is 2.06. The van der Waals surface area contributed by atoms with Gasteiger partial charge in [0.25, 0.3) is 0 Å². The molecule has 1 amide bonds. The standard InChI is InChI=1S/C20H21N5OS/c1-11-12(2)27-20-17(11)18(14-8-6-5-7-9-14)22-15(10-16(26)21-4)19-24-23-13(3)25(19)20/h5-9,15H,10H2,1-4H3,(H,21,26)/t15-/m0/s1. The molecule has 4 rings (SSSR count). The minimum atomic E-state index is -0.388. The van der Waals surface area contributed by atoms with Gasteiger partial charge in [-0.2, -0.15) is 0 Å².